The number of amides is 1. The van der Waals surface area contributed by atoms with Gasteiger partial charge in [-0.1, -0.05) is 13.3 Å². The highest BCUT2D eigenvalue weighted by Gasteiger charge is 2.49. The Balaban J connectivity index is 1.85. The van der Waals surface area contributed by atoms with E-state index in [1.165, 1.54) is 0 Å². The van der Waals surface area contributed by atoms with Gasteiger partial charge in [-0.25, -0.2) is 4.79 Å². The number of carbonyl (C=O) groups is 6. The number of hydrogen-bond acceptors (Lipinski definition) is 8. The normalized spacial score (nSPS) is 20.9. The molecule has 0 aromatic heterocycles. The molecule has 0 unspecified atom stereocenters. The molecule has 2 aliphatic rings. The number of alkyl carbamates (subject to hydrolysis) is 1. The van der Waals surface area contributed by atoms with Gasteiger partial charge in [-0.2, -0.15) is 0 Å². The van der Waals surface area contributed by atoms with Crippen molar-refractivity contribution >= 4 is 35.0 Å². The number of likely N-dealkylation sites (tertiary alicyclic amines) is 1. The zero-order valence-corrected chi connectivity index (χ0v) is 13.9. The smallest absolute Gasteiger partial charge is 0.408 e. The van der Waals surface area contributed by atoms with Gasteiger partial charge in [0.15, 0.2) is 6.04 Å². The first kappa shape index (κ1) is 18.9. The molecule has 9 heteroatoms. The zero-order valence-electron chi connectivity index (χ0n) is 13.9. The summed E-state index contributed by atoms with van der Waals surface area (Å²) in [5, 5.41) is 1.92. The Morgan fingerprint density at radius 3 is 2.12 bits per heavy atom. The van der Waals surface area contributed by atoms with Gasteiger partial charge in [-0.05, 0) is 25.8 Å². The lowest BCUT2D eigenvalue weighted by Crippen LogP contribution is -2.59. The predicted octanol–water partition coefficient (Wildman–Crippen LogP) is -0.795. The predicted molar refractivity (Wildman–Crippen MR) is 82.8 cm³/mol. The van der Waals surface area contributed by atoms with Crippen molar-refractivity contribution in [1.82, 2.24) is 10.2 Å². The molecule has 2 fully saturated rings. The van der Waals surface area contributed by atoms with Gasteiger partial charge < -0.3 is 15.0 Å². The Morgan fingerprint density at radius 2 is 1.60 bits per heavy atom. The molecule has 0 aromatic rings. The summed E-state index contributed by atoms with van der Waals surface area (Å²) < 4.78 is 5.15. The van der Waals surface area contributed by atoms with Crippen LogP contribution in [0.4, 0.5) is 4.79 Å². The molecule has 0 atom stereocenters. The number of nitrogens with one attached hydrogen (secondary N) is 1. The van der Waals surface area contributed by atoms with Gasteiger partial charge in [0, 0.05) is 13.1 Å². The van der Waals surface area contributed by atoms with E-state index < -0.39 is 41.1 Å². The molecular formula is C16H20N2O7. The number of nitrogens with zero attached hydrogens (tertiary/aromatic N) is 1. The van der Waals surface area contributed by atoms with Gasteiger partial charge in [0.25, 0.3) is 17.3 Å². The maximum atomic E-state index is 11.9. The highest BCUT2D eigenvalue weighted by Crippen LogP contribution is 2.15. The summed E-state index contributed by atoms with van der Waals surface area (Å²) in [5.41, 5.74) is 0. The summed E-state index contributed by atoms with van der Waals surface area (Å²) in [6.07, 6.45) is 1.98. The monoisotopic (exact) mass is 352 g/mol. The van der Waals surface area contributed by atoms with E-state index in [1.54, 1.807) is 0 Å². The van der Waals surface area contributed by atoms with Crippen LogP contribution in [-0.4, -0.2) is 71.7 Å². The topological polar surface area (TPSA) is 127 Å². The fraction of sp³-hybridized carbons (Fsp3) is 0.625. The summed E-state index contributed by atoms with van der Waals surface area (Å²) in [7, 11) is 0. The lowest BCUT2D eigenvalue weighted by molar-refractivity contribution is -0.156. The molecule has 9 nitrogen and oxygen atoms in total. The molecule has 1 aliphatic carbocycles. The Labute approximate surface area is 144 Å². The number of Topliss-reactive ketones (excluding diaryl/α,β-unsaturated/α-hetero) is 5. The third-order valence-corrected chi connectivity index (χ3v) is 4.28. The highest BCUT2D eigenvalue weighted by molar-refractivity contribution is 6.92. The third-order valence-electron chi connectivity index (χ3n) is 4.28. The first-order valence-corrected chi connectivity index (χ1v) is 8.25. The molecule has 136 valence electrons. The number of rotatable bonds is 5. The maximum absolute atomic E-state index is 11.9. The van der Waals surface area contributed by atoms with Crippen molar-refractivity contribution < 1.29 is 33.5 Å². The van der Waals surface area contributed by atoms with Crippen LogP contribution < -0.4 is 5.32 Å². The second-order valence-electron chi connectivity index (χ2n) is 6.09. The lowest BCUT2D eigenvalue weighted by Gasteiger charge is -2.31. The molecule has 1 N–H and O–H groups in total. The first-order chi connectivity index (χ1) is 11.8. The molecule has 1 saturated heterocycles. The Morgan fingerprint density at radius 1 is 1.04 bits per heavy atom. The van der Waals surface area contributed by atoms with Crippen LogP contribution in [0.15, 0.2) is 0 Å². The average Bonchev–Trinajstić information content (AvgIpc) is 2.61. The number of ether oxygens (including phenoxy) is 1. The van der Waals surface area contributed by atoms with Crippen molar-refractivity contribution in [2.75, 3.05) is 19.6 Å². The molecule has 0 bridgehead atoms. The molecule has 0 spiro atoms. The van der Waals surface area contributed by atoms with Crippen LogP contribution in [0.2, 0.25) is 0 Å². The van der Waals surface area contributed by atoms with E-state index in [0.29, 0.717) is 12.8 Å². The molecule has 1 aliphatic heterocycles. The number of ketones is 5. The molecule has 2 rings (SSSR count). The fourth-order valence-electron chi connectivity index (χ4n) is 2.77. The van der Waals surface area contributed by atoms with E-state index in [0.717, 1.165) is 32.5 Å². The summed E-state index contributed by atoms with van der Waals surface area (Å²) in [6.45, 7) is 4.63. The quantitative estimate of drug-likeness (QED) is 0.503. The molecule has 0 aromatic carbocycles. The van der Waals surface area contributed by atoms with Crippen LogP contribution in [-0.2, 0) is 28.7 Å². The van der Waals surface area contributed by atoms with Crippen molar-refractivity contribution in [1.29, 1.82) is 0 Å². The van der Waals surface area contributed by atoms with Gasteiger partial charge in [0.05, 0.1) is 0 Å². The van der Waals surface area contributed by atoms with E-state index in [-0.39, 0.29) is 6.10 Å². The van der Waals surface area contributed by atoms with Crippen molar-refractivity contribution in [3.63, 3.8) is 0 Å². The van der Waals surface area contributed by atoms with Gasteiger partial charge in [-0.15, -0.1) is 0 Å². The largest absolute Gasteiger partial charge is 0.446 e. The van der Waals surface area contributed by atoms with Crippen LogP contribution in [0, 0.1) is 0 Å². The van der Waals surface area contributed by atoms with Crippen LogP contribution in [0.25, 0.3) is 0 Å². The fourth-order valence-corrected chi connectivity index (χ4v) is 2.77. The average molecular weight is 352 g/mol. The van der Waals surface area contributed by atoms with Gasteiger partial charge in [0.2, 0.25) is 11.6 Å². The van der Waals surface area contributed by atoms with E-state index >= 15 is 0 Å². The number of unbranched alkanes of at least 4 members (excludes halogenated alkanes) is 1. The summed E-state index contributed by atoms with van der Waals surface area (Å²) in [4.78, 5) is 71.1. The van der Waals surface area contributed by atoms with Crippen LogP contribution in [0.5, 0.6) is 0 Å². The lowest BCUT2D eigenvalue weighted by atomic mass is 9.89. The minimum absolute atomic E-state index is 0.375. The minimum atomic E-state index is -1.98. The standard InChI is InChI=1S/C16H20N2O7/c1-2-3-6-18-7-4-9(5-8-18)25-16(24)17-10-11(19)13(21)15(23)14(22)12(10)20/h9-10H,2-8H2,1H3,(H,17,24). The van der Waals surface area contributed by atoms with E-state index in [4.69, 9.17) is 4.74 Å². The SMILES string of the molecule is CCCCN1CCC(OC(=O)NC2C(=O)C(=O)C(=O)C(=O)C2=O)CC1. The van der Waals surface area contributed by atoms with Crippen LogP contribution >= 0.6 is 0 Å². The molecule has 1 heterocycles. The van der Waals surface area contributed by atoms with Gasteiger partial charge >= 0.3 is 6.09 Å². The summed E-state index contributed by atoms with van der Waals surface area (Å²) >= 11 is 0. The highest BCUT2D eigenvalue weighted by atomic mass is 16.6. The number of hydrogen-bond donors (Lipinski definition) is 1. The maximum Gasteiger partial charge on any atom is 0.408 e. The van der Waals surface area contributed by atoms with Gasteiger partial charge in [0.1, 0.15) is 6.10 Å². The zero-order chi connectivity index (χ0) is 18.6. The molecule has 0 radical (unpaired) electrons. The first-order valence-electron chi connectivity index (χ1n) is 8.25. The van der Waals surface area contributed by atoms with Gasteiger partial charge in [-0.3, -0.25) is 24.0 Å². The van der Waals surface area contributed by atoms with Crippen molar-refractivity contribution in [2.45, 2.75) is 44.8 Å². The number of piperidine rings is 1. The van der Waals surface area contributed by atoms with Crippen molar-refractivity contribution in [3.05, 3.63) is 0 Å². The van der Waals surface area contributed by atoms with Crippen LogP contribution in [0.3, 0.4) is 0 Å². The summed E-state index contributed by atoms with van der Waals surface area (Å²) in [5.74, 6) is -7.69. The van der Waals surface area contributed by atoms with Crippen molar-refractivity contribution in [3.8, 4) is 0 Å². The van der Waals surface area contributed by atoms with E-state index in [1.807, 2.05) is 5.32 Å². The summed E-state index contributed by atoms with van der Waals surface area (Å²) in [6, 6.07) is -1.98. The molecular weight excluding hydrogens is 332 g/mol. The minimum Gasteiger partial charge on any atom is -0.446 e. The Hall–Kier alpha value is -2.42. The molecule has 1 saturated carbocycles. The second-order valence-corrected chi connectivity index (χ2v) is 6.09. The molecule has 1 amide bonds. The van der Waals surface area contributed by atoms with Crippen LogP contribution in [0.1, 0.15) is 32.6 Å². The molecule has 25 heavy (non-hydrogen) atoms. The Bertz CT molecular complexity index is 590. The second kappa shape index (κ2) is 8.11. The van der Waals surface area contributed by atoms with E-state index in [2.05, 4.69) is 11.8 Å². The van der Waals surface area contributed by atoms with E-state index in [9.17, 15) is 28.8 Å². The van der Waals surface area contributed by atoms with Crippen molar-refractivity contribution in [2.24, 2.45) is 0 Å². The Kier molecular flexibility index (Phi) is 6.13. The third kappa shape index (κ3) is 4.36. The number of carbonyl (C=O) groups excluding carboxylic acids is 6.